The number of aromatic nitrogens is 2. The predicted molar refractivity (Wildman–Crippen MR) is 119 cm³/mol. The summed E-state index contributed by atoms with van der Waals surface area (Å²) in [6.45, 7) is 4.85. The van der Waals surface area contributed by atoms with Crippen LogP contribution in [0.4, 0.5) is 10.1 Å². The van der Waals surface area contributed by atoms with E-state index >= 15 is 0 Å². The quantitative estimate of drug-likeness (QED) is 0.511. The van der Waals surface area contributed by atoms with E-state index in [0.717, 1.165) is 36.5 Å². The fourth-order valence-electron chi connectivity index (χ4n) is 4.19. The summed E-state index contributed by atoms with van der Waals surface area (Å²) in [6.07, 6.45) is 0. The third-order valence-electron chi connectivity index (χ3n) is 5.98. The third-order valence-corrected chi connectivity index (χ3v) is 5.98. The molecule has 5 rings (SSSR count). The number of nitrogens with zero attached hydrogens (tertiary/aromatic N) is 3. The second-order valence-corrected chi connectivity index (χ2v) is 7.90. The Balaban J connectivity index is 1.36. The van der Waals surface area contributed by atoms with Gasteiger partial charge in [-0.3, -0.25) is 9.69 Å². The normalized spacial score (nSPS) is 14.9. The summed E-state index contributed by atoms with van der Waals surface area (Å²) in [4.78, 5) is 19.7. The molecule has 1 atom stereocenters. The SMILES string of the molecule is C[C@@H](c1ccccc1)N1CCn2c(nc3cc(NC(=O)c4ccc(F)cc4)ccc32)C1. The highest BCUT2D eigenvalue weighted by atomic mass is 19.1. The number of hydrogen-bond donors (Lipinski definition) is 1. The maximum Gasteiger partial charge on any atom is 0.255 e. The molecular weight excluding hydrogens is 391 g/mol. The Bertz CT molecular complexity index is 1230. The first kappa shape index (κ1) is 19.5. The van der Waals surface area contributed by atoms with E-state index in [1.807, 2.05) is 24.3 Å². The zero-order valence-corrected chi connectivity index (χ0v) is 17.3. The van der Waals surface area contributed by atoms with Crippen molar-refractivity contribution in [1.29, 1.82) is 0 Å². The van der Waals surface area contributed by atoms with E-state index in [1.54, 1.807) is 0 Å². The topological polar surface area (TPSA) is 50.2 Å². The van der Waals surface area contributed by atoms with Crippen molar-refractivity contribution in [2.75, 3.05) is 11.9 Å². The molecule has 0 bridgehead atoms. The summed E-state index contributed by atoms with van der Waals surface area (Å²) in [5.74, 6) is 0.398. The van der Waals surface area contributed by atoms with Gasteiger partial charge in [-0.2, -0.15) is 0 Å². The number of rotatable bonds is 4. The van der Waals surface area contributed by atoms with E-state index in [2.05, 4.69) is 46.0 Å². The van der Waals surface area contributed by atoms with Crippen LogP contribution in [0.2, 0.25) is 0 Å². The van der Waals surface area contributed by atoms with Gasteiger partial charge in [0.15, 0.2) is 0 Å². The fourth-order valence-corrected chi connectivity index (χ4v) is 4.19. The minimum atomic E-state index is -0.364. The average Bonchev–Trinajstić information content (AvgIpc) is 3.16. The molecule has 5 nitrogen and oxygen atoms in total. The molecule has 6 heteroatoms. The monoisotopic (exact) mass is 414 g/mol. The van der Waals surface area contributed by atoms with Crippen LogP contribution in [0.3, 0.4) is 0 Å². The maximum absolute atomic E-state index is 13.1. The molecule has 0 radical (unpaired) electrons. The molecule has 2 heterocycles. The molecule has 3 aromatic carbocycles. The lowest BCUT2D eigenvalue weighted by Gasteiger charge is -2.33. The van der Waals surface area contributed by atoms with Crippen molar-refractivity contribution in [3.8, 4) is 0 Å². The van der Waals surface area contributed by atoms with Crippen LogP contribution in [-0.2, 0) is 13.1 Å². The van der Waals surface area contributed by atoms with Crippen molar-refractivity contribution in [2.24, 2.45) is 0 Å². The van der Waals surface area contributed by atoms with Gasteiger partial charge in [0, 0.05) is 30.4 Å². The molecular formula is C25H23FN4O. The van der Waals surface area contributed by atoms with Gasteiger partial charge in [0.25, 0.3) is 5.91 Å². The number of fused-ring (bicyclic) bond motifs is 3. The molecule has 0 saturated heterocycles. The summed E-state index contributed by atoms with van der Waals surface area (Å²) in [7, 11) is 0. The minimum Gasteiger partial charge on any atom is -0.326 e. The Kier molecular flexibility index (Phi) is 5.00. The number of hydrogen-bond acceptors (Lipinski definition) is 3. The van der Waals surface area contributed by atoms with Crippen molar-refractivity contribution >= 4 is 22.6 Å². The van der Waals surface area contributed by atoms with Crippen LogP contribution in [0.1, 0.15) is 34.7 Å². The molecule has 1 amide bonds. The summed E-state index contributed by atoms with van der Waals surface area (Å²) in [5.41, 5.74) is 4.32. The first-order chi connectivity index (χ1) is 15.1. The van der Waals surface area contributed by atoms with Gasteiger partial charge in [0.1, 0.15) is 11.6 Å². The largest absolute Gasteiger partial charge is 0.326 e. The minimum absolute atomic E-state index is 0.272. The van der Waals surface area contributed by atoms with Gasteiger partial charge in [-0.25, -0.2) is 9.37 Å². The fraction of sp³-hybridized carbons (Fsp3) is 0.200. The van der Waals surface area contributed by atoms with Gasteiger partial charge in [0.05, 0.1) is 17.6 Å². The number of imidazole rings is 1. The lowest BCUT2D eigenvalue weighted by atomic mass is 10.1. The van der Waals surface area contributed by atoms with Crippen LogP contribution in [0.15, 0.2) is 72.8 Å². The zero-order valence-electron chi connectivity index (χ0n) is 17.3. The smallest absolute Gasteiger partial charge is 0.255 e. The van der Waals surface area contributed by atoms with E-state index in [-0.39, 0.29) is 11.7 Å². The Morgan fingerprint density at radius 1 is 1.03 bits per heavy atom. The summed E-state index contributed by atoms with van der Waals surface area (Å²) in [6, 6.07) is 22.1. The van der Waals surface area contributed by atoms with Gasteiger partial charge in [0.2, 0.25) is 0 Å². The van der Waals surface area contributed by atoms with Crippen LogP contribution in [0.5, 0.6) is 0 Å². The third kappa shape index (κ3) is 3.82. The van der Waals surface area contributed by atoms with Crippen LogP contribution in [0.25, 0.3) is 11.0 Å². The number of anilines is 1. The van der Waals surface area contributed by atoms with E-state index in [4.69, 9.17) is 4.98 Å². The molecule has 1 aliphatic heterocycles. The maximum atomic E-state index is 13.1. The first-order valence-corrected chi connectivity index (χ1v) is 10.4. The lowest BCUT2D eigenvalue weighted by molar-refractivity contribution is 0.102. The number of carbonyl (C=O) groups excluding carboxylic acids is 1. The van der Waals surface area contributed by atoms with Gasteiger partial charge in [-0.1, -0.05) is 30.3 Å². The van der Waals surface area contributed by atoms with E-state index in [9.17, 15) is 9.18 Å². The van der Waals surface area contributed by atoms with Crippen molar-refractivity contribution in [3.05, 3.63) is 95.6 Å². The molecule has 4 aromatic rings. The van der Waals surface area contributed by atoms with Crippen molar-refractivity contribution < 1.29 is 9.18 Å². The molecule has 156 valence electrons. The van der Waals surface area contributed by atoms with Crippen LogP contribution < -0.4 is 5.32 Å². The van der Waals surface area contributed by atoms with Crippen molar-refractivity contribution in [3.63, 3.8) is 0 Å². The molecule has 0 unspecified atom stereocenters. The number of carbonyl (C=O) groups is 1. The summed E-state index contributed by atoms with van der Waals surface area (Å²) >= 11 is 0. The van der Waals surface area contributed by atoms with Gasteiger partial charge >= 0.3 is 0 Å². The van der Waals surface area contributed by atoms with Crippen LogP contribution in [0, 0.1) is 5.82 Å². The zero-order chi connectivity index (χ0) is 21.4. The van der Waals surface area contributed by atoms with Crippen LogP contribution >= 0.6 is 0 Å². The number of halogens is 1. The molecule has 0 aliphatic carbocycles. The highest BCUT2D eigenvalue weighted by Gasteiger charge is 2.24. The average molecular weight is 414 g/mol. The lowest BCUT2D eigenvalue weighted by Crippen LogP contribution is -2.35. The van der Waals surface area contributed by atoms with E-state index in [1.165, 1.54) is 29.8 Å². The highest BCUT2D eigenvalue weighted by molar-refractivity contribution is 6.04. The Morgan fingerprint density at radius 2 is 1.81 bits per heavy atom. The Morgan fingerprint density at radius 3 is 2.58 bits per heavy atom. The number of benzene rings is 3. The molecule has 1 aromatic heterocycles. The molecule has 0 fully saturated rings. The predicted octanol–water partition coefficient (Wildman–Crippen LogP) is 5.00. The number of amides is 1. The second-order valence-electron chi connectivity index (χ2n) is 7.90. The molecule has 31 heavy (non-hydrogen) atoms. The Hall–Kier alpha value is -3.51. The van der Waals surface area contributed by atoms with E-state index in [0.29, 0.717) is 17.3 Å². The molecule has 0 saturated carbocycles. The van der Waals surface area contributed by atoms with Gasteiger partial charge < -0.3 is 9.88 Å². The molecule has 0 spiro atoms. The standard InChI is InChI=1S/C25H23FN4O/c1-17(18-5-3-2-4-6-18)29-13-14-30-23-12-11-21(15-22(23)28-24(30)16-29)27-25(31)19-7-9-20(26)10-8-19/h2-12,15,17H,13-14,16H2,1H3,(H,27,31)/t17-/m0/s1. The molecule has 1 N–H and O–H groups in total. The van der Waals surface area contributed by atoms with Crippen molar-refractivity contribution in [1.82, 2.24) is 14.5 Å². The Labute approximate surface area is 180 Å². The van der Waals surface area contributed by atoms with E-state index < -0.39 is 0 Å². The number of nitrogens with one attached hydrogen (secondary N) is 1. The highest BCUT2D eigenvalue weighted by Crippen LogP contribution is 2.28. The molecule has 1 aliphatic rings. The second kappa shape index (κ2) is 7.96. The summed E-state index contributed by atoms with van der Waals surface area (Å²) < 4.78 is 15.4. The summed E-state index contributed by atoms with van der Waals surface area (Å²) in [5, 5.41) is 2.88. The first-order valence-electron chi connectivity index (χ1n) is 10.4. The van der Waals surface area contributed by atoms with Crippen molar-refractivity contribution in [2.45, 2.75) is 26.1 Å². The van der Waals surface area contributed by atoms with Gasteiger partial charge in [-0.15, -0.1) is 0 Å². The van der Waals surface area contributed by atoms with Gasteiger partial charge in [-0.05, 0) is 55.0 Å². The van der Waals surface area contributed by atoms with Crippen LogP contribution in [-0.4, -0.2) is 26.9 Å².